The molecule has 0 spiro atoms. The summed E-state index contributed by atoms with van der Waals surface area (Å²) in [5.41, 5.74) is -2.41. The van der Waals surface area contributed by atoms with Crippen LogP contribution in [0.5, 0.6) is 5.75 Å². The Morgan fingerprint density at radius 1 is 1.05 bits per heavy atom. The summed E-state index contributed by atoms with van der Waals surface area (Å²) in [5.74, 6) is -3.21. The topological polar surface area (TPSA) is 26.3 Å². The molecular formula is C14H6Cl2F4O2. The molecule has 8 heteroatoms. The Hall–Kier alpha value is -1.79. The van der Waals surface area contributed by atoms with Gasteiger partial charge in [0.15, 0.2) is 5.75 Å². The second kappa shape index (κ2) is 6.14. The van der Waals surface area contributed by atoms with Crippen molar-refractivity contribution < 1.29 is 27.1 Å². The first kappa shape index (κ1) is 16.6. The zero-order valence-corrected chi connectivity index (χ0v) is 12.1. The number of carbonyl (C=O) groups excluding carboxylic acids is 1. The van der Waals surface area contributed by atoms with Crippen LogP contribution in [0.25, 0.3) is 0 Å². The van der Waals surface area contributed by atoms with Gasteiger partial charge in [-0.2, -0.15) is 13.2 Å². The highest BCUT2D eigenvalue weighted by Gasteiger charge is 2.36. The van der Waals surface area contributed by atoms with E-state index in [1.807, 2.05) is 0 Å². The van der Waals surface area contributed by atoms with Crippen molar-refractivity contribution in [2.24, 2.45) is 0 Å². The summed E-state index contributed by atoms with van der Waals surface area (Å²) in [6.07, 6.45) is -4.92. The first-order chi connectivity index (χ1) is 10.2. The van der Waals surface area contributed by atoms with Gasteiger partial charge in [0.2, 0.25) is 0 Å². The molecule has 2 rings (SSSR count). The average Bonchev–Trinajstić information content (AvgIpc) is 2.42. The van der Waals surface area contributed by atoms with Crippen LogP contribution in [0.15, 0.2) is 36.4 Å². The van der Waals surface area contributed by atoms with Crippen molar-refractivity contribution in [1.29, 1.82) is 0 Å². The van der Waals surface area contributed by atoms with E-state index in [2.05, 4.69) is 0 Å². The summed E-state index contributed by atoms with van der Waals surface area (Å²) in [4.78, 5) is 11.8. The van der Waals surface area contributed by atoms with E-state index >= 15 is 0 Å². The van der Waals surface area contributed by atoms with Gasteiger partial charge >= 0.3 is 12.1 Å². The molecule has 0 fully saturated rings. The van der Waals surface area contributed by atoms with Gasteiger partial charge in [0.05, 0.1) is 16.1 Å². The number of hydrogen-bond donors (Lipinski definition) is 0. The van der Waals surface area contributed by atoms with Crippen LogP contribution >= 0.6 is 23.2 Å². The summed E-state index contributed by atoms with van der Waals surface area (Å²) in [6.45, 7) is 0. The monoisotopic (exact) mass is 352 g/mol. The molecule has 0 aliphatic carbocycles. The molecule has 2 aromatic carbocycles. The second-order valence-corrected chi connectivity index (χ2v) is 4.89. The summed E-state index contributed by atoms with van der Waals surface area (Å²) in [5, 5.41) is -0.0265. The third-order valence-electron chi connectivity index (χ3n) is 2.64. The predicted molar refractivity (Wildman–Crippen MR) is 72.8 cm³/mol. The minimum Gasteiger partial charge on any atom is -0.421 e. The SMILES string of the molecule is O=C(Oc1cccc(Cl)c1Cl)c1cccc(C(F)(F)F)c1F. The molecule has 0 atom stereocenters. The van der Waals surface area contributed by atoms with Crippen molar-refractivity contribution in [3.05, 3.63) is 63.4 Å². The van der Waals surface area contributed by atoms with E-state index in [1.165, 1.54) is 18.2 Å². The van der Waals surface area contributed by atoms with Crippen molar-refractivity contribution in [1.82, 2.24) is 0 Å². The molecule has 0 saturated carbocycles. The number of ether oxygens (including phenoxy) is 1. The van der Waals surface area contributed by atoms with Crippen molar-refractivity contribution >= 4 is 29.2 Å². The highest BCUT2D eigenvalue weighted by atomic mass is 35.5. The van der Waals surface area contributed by atoms with Gasteiger partial charge in [0.25, 0.3) is 0 Å². The van der Waals surface area contributed by atoms with Crippen LogP contribution in [0, 0.1) is 5.82 Å². The maximum Gasteiger partial charge on any atom is 0.419 e. The maximum absolute atomic E-state index is 13.8. The first-order valence-corrected chi connectivity index (χ1v) is 6.49. The Labute approximate surface area is 132 Å². The highest BCUT2D eigenvalue weighted by Crippen LogP contribution is 2.34. The maximum atomic E-state index is 13.8. The van der Waals surface area contributed by atoms with E-state index in [4.69, 9.17) is 27.9 Å². The van der Waals surface area contributed by atoms with Gasteiger partial charge in [0.1, 0.15) is 10.8 Å². The van der Waals surface area contributed by atoms with E-state index in [1.54, 1.807) is 0 Å². The number of hydrogen-bond acceptors (Lipinski definition) is 2. The average molecular weight is 353 g/mol. The van der Waals surface area contributed by atoms with Crippen LogP contribution in [0.4, 0.5) is 17.6 Å². The van der Waals surface area contributed by atoms with E-state index in [0.717, 1.165) is 12.1 Å². The quantitative estimate of drug-likeness (QED) is 0.412. The molecule has 2 nitrogen and oxygen atoms in total. The molecule has 22 heavy (non-hydrogen) atoms. The Morgan fingerprint density at radius 2 is 1.68 bits per heavy atom. The highest BCUT2D eigenvalue weighted by molar-refractivity contribution is 6.43. The molecule has 0 bridgehead atoms. The van der Waals surface area contributed by atoms with E-state index in [-0.39, 0.29) is 15.8 Å². The fourth-order valence-corrected chi connectivity index (χ4v) is 1.96. The molecule has 0 radical (unpaired) electrons. The van der Waals surface area contributed by atoms with Crippen molar-refractivity contribution in [2.75, 3.05) is 0 Å². The number of rotatable bonds is 2. The fraction of sp³-hybridized carbons (Fsp3) is 0.0714. The minimum atomic E-state index is -4.92. The van der Waals surface area contributed by atoms with Gasteiger partial charge in [-0.25, -0.2) is 9.18 Å². The number of esters is 1. The van der Waals surface area contributed by atoms with E-state index in [0.29, 0.717) is 6.07 Å². The zero-order valence-electron chi connectivity index (χ0n) is 10.5. The van der Waals surface area contributed by atoms with Gasteiger partial charge in [-0.15, -0.1) is 0 Å². The Bertz CT molecular complexity index is 729. The number of carbonyl (C=O) groups is 1. The first-order valence-electron chi connectivity index (χ1n) is 5.73. The van der Waals surface area contributed by atoms with Crippen LogP contribution in [0.3, 0.4) is 0 Å². The fourth-order valence-electron chi connectivity index (χ4n) is 1.63. The largest absolute Gasteiger partial charge is 0.421 e. The minimum absolute atomic E-state index is 0.0801. The summed E-state index contributed by atoms with van der Waals surface area (Å²) >= 11 is 11.5. The number of halogens is 6. The summed E-state index contributed by atoms with van der Waals surface area (Å²) in [7, 11) is 0. The van der Waals surface area contributed by atoms with Crippen LogP contribution in [0.2, 0.25) is 10.0 Å². The van der Waals surface area contributed by atoms with Crippen LogP contribution in [-0.4, -0.2) is 5.97 Å². The van der Waals surface area contributed by atoms with E-state index in [9.17, 15) is 22.4 Å². The lowest BCUT2D eigenvalue weighted by Gasteiger charge is -2.11. The molecule has 0 aliphatic heterocycles. The van der Waals surface area contributed by atoms with Gasteiger partial charge in [-0.1, -0.05) is 35.3 Å². The molecule has 0 aromatic heterocycles. The third-order valence-corrected chi connectivity index (χ3v) is 3.44. The Balaban J connectivity index is 2.37. The molecular weight excluding hydrogens is 347 g/mol. The van der Waals surface area contributed by atoms with Gasteiger partial charge in [-0.05, 0) is 24.3 Å². The van der Waals surface area contributed by atoms with Crippen molar-refractivity contribution in [3.8, 4) is 5.75 Å². The standard InChI is InChI=1S/C14H6Cl2F4O2/c15-9-5-2-6-10(11(9)16)22-13(21)7-3-1-4-8(12(7)17)14(18,19)20/h1-6H. The van der Waals surface area contributed by atoms with Crippen LogP contribution < -0.4 is 4.74 Å². The van der Waals surface area contributed by atoms with Crippen molar-refractivity contribution in [3.63, 3.8) is 0 Å². The summed E-state index contributed by atoms with van der Waals surface area (Å²) < 4.78 is 56.4. The summed E-state index contributed by atoms with van der Waals surface area (Å²) in [6, 6.07) is 6.43. The molecule has 0 N–H and O–H groups in total. The van der Waals surface area contributed by atoms with E-state index < -0.39 is 29.1 Å². The van der Waals surface area contributed by atoms with Gasteiger partial charge < -0.3 is 4.74 Å². The second-order valence-electron chi connectivity index (χ2n) is 4.11. The van der Waals surface area contributed by atoms with Gasteiger partial charge in [0, 0.05) is 0 Å². The van der Waals surface area contributed by atoms with Crippen molar-refractivity contribution in [2.45, 2.75) is 6.18 Å². The molecule has 0 amide bonds. The third kappa shape index (κ3) is 3.34. The van der Waals surface area contributed by atoms with Crippen LogP contribution in [0.1, 0.15) is 15.9 Å². The smallest absolute Gasteiger partial charge is 0.419 e. The van der Waals surface area contributed by atoms with Gasteiger partial charge in [-0.3, -0.25) is 0 Å². The molecule has 116 valence electrons. The molecule has 0 heterocycles. The number of benzene rings is 2. The lowest BCUT2D eigenvalue weighted by molar-refractivity contribution is -0.140. The predicted octanol–water partition coefficient (Wildman–Crippen LogP) is 5.37. The normalized spacial score (nSPS) is 11.4. The Kier molecular flexibility index (Phi) is 4.63. The van der Waals surface area contributed by atoms with Crippen LogP contribution in [-0.2, 0) is 6.18 Å². The number of alkyl halides is 3. The Morgan fingerprint density at radius 3 is 2.32 bits per heavy atom. The molecule has 0 aliphatic rings. The lowest BCUT2D eigenvalue weighted by atomic mass is 10.1. The zero-order chi connectivity index (χ0) is 16.5. The molecule has 2 aromatic rings. The lowest BCUT2D eigenvalue weighted by Crippen LogP contribution is -2.16. The molecule has 0 unspecified atom stereocenters. The molecule has 0 saturated heterocycles.